The van der Waals surface area contributed by atoms with Gasteiger partial charge in [0.2, 0.25) is 5.91 Å². The topological polar surface area (TPSA) is 49.8 Å². The lowest BCUT2D eigenvalue weighted by molar-refractivity contribution is -0.146. The molecule has 0 radical (unpaired) electrons. The maximum atomic E-state index is 12.4. The van der Waals surface area contributed by atoms with Crippen LogP contribution < -0.4 is 0 Å². The SMILES string of the molecule is CC1CN(C(=O)C(S)Cc2ccccc2)CC(CO)O1. The lowest BCUT2D eigenvalue weighted by Crippen LogP contribution is -2.52. The van der Waals surface area contributed by atoms with Crippen LogP contribution >= 0.6 is 12.6 Å². The van der Waals surface area contributed by atoms with E-state index in [0.717, 1.165) is 5.56 Å². The number of morpholine rings is 1. The normalized spacial score (nSPS) is 24.4. The first-order chi connectivity index (χ1) is 9.60. The van der Waals surface area contributed by atoms with E-state index in [-0.39, 0.29) is 30.0 Å². The molecule has 1 amide bonds. The van der Waals surface area contributed by atoms with E-state index in [1.54, 1.807) is 4.90 Å². The molecule has 1 saturated heterocycles. The molecule has 3 unspecified atom stereocenters. The van der Waals surface area contributed by atoms with Crippen molar-refractivity contribution in [3.05, 3.63) is 35.9 Å². The second-order valence-electron chi connectivity index (χ2n) is 5.20. The van der Waals surface area contributed by atoms with Crippen molar-refractivity contribution < 1.29 is 14.6 Å². The maximum Gasteiger partial charge on any atom is 0.235 e. The summed E-state index contributed by atoms with van der Waals surface area (Å²) in [6.07, 6.45) is 0.264. The number of benzene rings is 1. The van der Waals surface area contributed by atoms with E-state index in [9.17, 15) is 9.90 Å². The highest BCUT2D eigenvalue weighted by Gasteiger charge is 2.30. The van der Waals surface area contributed by atoms with E-state index in [4.69, 9.17) is 4.74 Å². The fourth-order valence-electron chi connectivity index (χ4n) is 2.46. The lowest BCUT2D eigenvalue weighted by Gasteiger charge is -2.37. The number of amides is 1. The Kier molecular flexibility index (Phi) is 5.46. The summed E-state index contributed by atoms with van der Waals surface area (Å²) < 4.78 is 5.55. The van der Waals surface area contributed by atoms with Gasteiger partial charge in [0.1, 0.15) is 0 Å². The number of ether oxygens (including phenoxy) is 1. The first-order valence-corrected chi connectivity index (χ1v) is 7.39. The first-order valence-electron chi connectivity index (χ1n) is 6.87. The number of hydrogen-bond acceptors (Lipinski definition) is 4. The summed E-state index contributed by atoms with van der Waals surface area (Å²) in [5, 5.41) is 8.84. The summed E-state index contributed by atoms with van der Waals surface area (Å²) >= 11 is 4.44. The summed E-state index contributed by atoms with van der Waals surface area (Å²) in [5.41, 5.74) is 1.10. The molecule has 4 nitrogen and oxygen atoms in total. The van der Waals surface area contributed by atoms with Crippen LogP contribution in [0.4, 0.5) is 0 Å². The van der Waals surface area contributed by atoms with Crippen molar-refractivity contribution in [2.24, 2.45) is 0 Å². The molecule has 0 aliphatic carbocycles. The number of aliphatic hydroxyl groups excluding tert-OH is 1. The van der Waals surface area contributed by atoms with Crippen LogP contribution in [0, 0.1) is 0 Å². The molecule has 5 heteroatoms. The number of carbonyl (C=O) groups is 1. The highest BCUT2D eigenvalue weighted by atomic mass is 32.1. The molecule has 0 bridgehead atoms. The minimum absolute atomic E-state index is 0.00536. The third kappa shape index (κ3) is 3.98. The monoisotopic (exact) mass is 295 g/mol. The van der Waals surface area contributed by atoms with Crippen LogP contribution in [-0.2, 0) is 16.0 Å². The van der Waals surface area contributed by atoms with Crippen molar-refractivity contribution in [2.75, 3.05) is 19.7 Å². The Morgan fingerprint density at radius 3 is 2.80 bits per heavy atom. The Bertz CT molecular complexity index is 440. The van der Waals surface area contributed by atoms with E-state index in [0.29, 0.717) is 19.5 Å². The number of thiol groups is 1. The van der Waals surface area contributed by atoms with Crippen LogP contribution in [0.3, 0.4) is 0 Å². The Morgan fingerprint density at radius 1 is 1.45 bits per heavy atom. The van der Waals surface area contributed by atoms with Gasteiger partial charge in [0, 0.05) is 13.1 Å². The van der Waals surface area contributed by atoms with Crippen LogP contribution in [0.1, 0.15) is 12.5 Å². The van der Waals surface area contributed by atoms with Gasteiger partial charge >= 0.3 is 0 Å². The van der Waals surface area contributed by atoms with Gasteiger partial charge in [-0.05, 0) is 18.9 Å². The second-order valence-corrected chi connectivity index (χ2v) is 5.82. The van der Waals surface area contributed by atoms with Crippen molar-refractivity contribution in [1.82, 2.24) is 4.90 Å². The quantitative estimate of drug-likeness (QED) is 0.819. The Morgan fingerprint density at radius 2 is 2.15 bits per heavy atom. The Hall–Kier alpha value is -1.04. The van der Waals surface area contributed by atoms with Gasteiger partial charge in [0.05, 0.1) is 24.1 Å². The van der Waals surface area contributed by atoms with E-state index < -0.39 is 0 Å². The van der Waals surface area contributed by atoms with Gasteiger partial charge in [-0.1, -0.05) is 30.3 Å². The summed E-state index contributed by atoms with van der Waals surface area (Å²) in [4.78, 5) is 14.2. The molecular weight excluding hydrogens is 274 g/mol. The average Bonchev–Trinajstić information content (AvgIpc) is 2.46. The highest BCUT2D eigenvalue weighted by Crippen LogP contribution is 2.16. The predicted octanol–water partition coefficient (Wildman–Crippen LogP) is 1.14. The van der Waals surface area contributed by atoms with Crippen molar-refractivity contribution in [3.8, 4) is 0 Å². The maximum absolute atomic E-state index is 12.4. The van der Waals surface area contributed by atoms with Crippen molar-refractivity contribution in [1.29, 1.82) is 0 Å². The molecule has 20 heavy (non-hydrogen) atoms. The number of aliphatic hydroxyl groups is 1. The van der Waals surface area contributed by atoms with Crippen molar-refractivity contribution in [3.63, 3.8) is 0 Å². The molecule has 0 saturated carbocycles. The molecule has 1 aliphatic rings. The van der Waals surface area contributed by atoms with E-state index in [2.05, 4.69) is 12.6 Å². The highest BCUT2D eigenvalue weighted by molar-refractivity contribution is 7.81. The van der Waals surface area contributed by atoms with Crippen LogP contribution in [0.15, 0.2) is 30.3 Å². The minimum Gasteiger partial charge on any atom is -0.394 e. The van der Waals surface area contributed by atoms with Gasteiger partial charge in [-0.3, -0.25) is 4.79 Å². The van der Waals surface area contributed by atoms with Crippen LogP contribution in [0.2, 0.25) is 0 Å². The molecule has 0 aromatic heterocycles. The zero-order chi connectivity index (χ0) is 14.5. The minimum atomic E-state index is -0.359. The second kappa shape index (κ2) is 7.11. The third-order valence-corrected chi connectivity index (χ3v) is 3.80. The van der Waals surface area contributed by atoms with Gasteiger partial charge in [0.25, 0.3) is 0 Å². The summed E-state index contributed by atoms with van der Waals surface area (Å²) in [6, 6.07) is 9.86. The Balaban J connectivity index is 1.95. The van der Waals surface area contributed by atoms with Gasteiger partial charge in [0.15, 0.2) is 0 Å². The zero-order valence-electron chi connectivity index (χ0n) is 11.6. The third-order valence-electron chi connectivity index (χ3n) is 3.40. The zero-order valence-corrected chi connectivity index (χ0v) is 12.5. The molecule has 1 aromatic carbocycles. The molecule has 1 aliphatic heterocycles. The number of carbonyl (C=O) groups excluding carboxylic acids is 1. The molecule has 3 atom stereocenters. The number of nitrogens with zero attached hydrogens (tertiary/aromatic N) is 1. The number of hydrogen-bond donors (Lipinski definition) is 2. The summed E-state index contributed by atoms with van der Waals surface area (Å²) in [5.74, 6) is 0.00536. The van der Waals surface area contributed by atoms with E-state index >= 15 is 0 Å². The van der Waals surface area contributed by atoms with Crippen LogP contribution in [0.25, 0.3) is 0 Å². The van der Waals surface area contributed by atoms with Gasteiger partial charge < -0.3 is 14.7 Å². The van der Waals surface area contributed by atoms with Crippen molar-refractivity contribution in [2.45, 2.75) is 30.8 Å². The number of rotatable bonds is 4. The Labute approximate surface area is 125 Å². The molecule has 1 aromatic rings. The molecule has 1 N–H and O–H groups in total. The largest absolute Gasteiger partial charge is 0.394 e. The summed E-state index contributed by atoms with van der Waals surface area (Å²) in [7, 11) is 0. The molecule has 0 spiro atoms. The predicted molar refractivity (Wildman–Crippen MR) is 80.9 cm³/mol. The van der Waals surface area contributed by atoms with Crippen LogP contribution in [-0.4, -0.2) is 53.1 Å². The first kappa shape index (κ1) is 15.4. The molecule has 2 rings (SSSR count). The molecule has 1 fully saturated rings. The molecule has 1 heterocycles. The summed E-state index contributed by atoms with van der Waals surface area (Å²) in [6.45, 7) is 2.84. The fourth-order valence-corrected chi connectivity index (χ4v) is 2.84. The standard InChI is InChI=1S/C15H21NO3S/c1-11-8-16(9-13(10-17)19-11)15(18)14(20)7-12-5-3-2-4-6-12/h2-6,11,13-14,17,20H,7-10H2,1H3. The van der Waals surface area contributed by atoms with Gasteiger partial charge in [-0.15, -0.1) is 0 Å². The fraction of sp³-hybridized carbons (Fsp3) is 0.533. The lowest BCUT2D eigenvalue weighted by atomic mass is 10.1. The average molecular weight is 295 g/mol. The van der Waals surface area contributed by atoms with Crippen molar-refractivity contribution >= 4 is 18.5 Å². The van der Waals surface area contributed by atoms with E-state index in [1.807, 2.05) is 37.3 Å². The van der Waals surface area contributed by atoms with Gasteiger partial charge in [-0.25, -0.2) is 0 Å². The van der Waals surface area contributed by atoms with E-state index in [1.165, 1.54) is 0 Å². The van der Waals surface area contributed by atoms with Gasteiger partial charge in [-0.2, -0.15) is 12.6 Å². The molecular formula is C15H21NO3S. The van der Waals surface area contributed by atoms with Crippen LogP contribution in [0.5, 0.6) is 0 Å². The molecule has 110 valence electrons. The smallest absolute Gasteiger partial charge is 0.235 e.